The number of unbranched alkanes of at least 4 members (excludes halogenated alkanes) is 7. The number of aliphatic hydroxyl groups excluding tert-OH is 1. The lowest BCUT2D eigenvalue weighted by Crippen LogP contribution is -1.97. The molecule has 2 nitrogen and oxygen atoms in total. The number of benzene rings is 1. The van der Waals surface area contributed by atoms with Crippen LogP contribution in [0.1, 0.15) is 81.9 Å². The molecule has 0 bridgehead atoms. The number of nitrogens with zero attached hydrogens (tertiary/aromatic N) is 1. The highest BCUT2D eigenvalue weighted by Gasteiger charge is 2.07. The van der Waals surface area contributed by atoms with E-state index in [9.17, 15) is 5.11 Å². The van der Waals surface area contributed by atoms with E-state index in [1.165, 1.54) is 44.9 Å². The van der Waals surface area contributed by atoms with E-state index in [-0.39, 0.29) is 0 Å². The Morgan fingerprint density at radius 1 is 1.05 bits per heavy atom. The number of nitriles is 1. The summed E-state index contributed by atoms with van der Waals surface area (Å²) >= 11 is 0. The van der Waals surface area contributed by atoms with Crippen molar-refractivity contribution in [2.75, 3.05) is 0 Å². The summed E-state index contributed by atoms with van der Waals surface area (Å²) in [6, 6.07) is 9.41. The van der Waals surface area contributed by atoms with E-state index in [0.717, 1.165) is 18.4 Å². The first-order valence-corrected chi connectivity index (χ1v) is 7.96. The minimum absolute atomic E-state index is 0.427. The molecule has 1 atom stereocenters. The smallest absolute Gasteiger partial charge is 0.0991 e. The van der Waals surface area contributed by atoms with Crippen molar-refractivity contribution in [3.8, 4) is 6.07 Å². The van der Waals surface area contributed by atoms with Crippen molar-refractivity contribution in [2.24, 2.45) is 0 Å². The zero-order valence-corrected chi connectivity index (χ0v) is 12.6. The minimum Gasteiger partial charge on any atom is -0.388 e. The van der Waals surface area contributed by atoms with Crippen LogP contribution >= 0.6 is 0 Å². The van der Waals surface area contributed by atoms with Gasteiger partial charge in [-0.25, -0.2) is 0 Å². The van der Waals surface area contributed by atoms with Gasteiger partial charge in [0.1, 0.15) is 0 Å². The summed E-state index contributed by atoms with van der Waals surface area (Å²) < 4.78 is 0. The number of hydrogen-bond donors (Lipinski definition) is 1. The van der Waals surface area contributed by atoms with E-state index in [1.807, 2.05) is 12.1 Å². The molecule has 2 heteroatoms. The molecule has 1 rings (SSSR count). The van der Waals surface area contributed by atoms with Gasteiger partial charge in [0.2, 0.25) is 0 Å². The summed E-state index contributed by atoms with van der Waals surface area (Å²) in [5, 5.41) is 19.0. The molecule has 0 aliphatic rings. The van der Waals surface area contributed by atoms with Crippen LogP contribution in [0, 0.1) is 11.3 Å². The first-order valence-electron chi connectivity index (χ1n) is 7.96. The topological polar surface area (TPSA) is 44.0 Å². The fraction of sp³-hybridized carbons (Fsp3) is 0.611. The monoisotopic (exact) mass is 273 g/mol. The van der Waals surface area contributed by atoms with Gasteiger partial charge in [0.05, 0.1) is 17.7 Å². The SMILES string of the molecule is CCCCCCCCCCC(O)c1cccc(C#N)c1. The summed E-state index contributed by atoms with van der Waals surface area (Å²) in [7, 11) is 0. The zero-order chi connectivity index (χ0) is 14.6. The summed E-state index contributed by atoms with van der Waals surface area (Å²) in [5.74, 6) is 0. The molecule has 110 valence electrons. The Labute approximate surface area is 123 Å². The molecule has 0 radical (unpaired) electrons. The molecule has 0 heterocycles. The van der Waals surface area contributed by atoms with Crippen LogP contribution in [-0.4, -0.2) is 5.11 Å². The second-order valence-corrected chi connectivity index (χ2v) is 5.52. The van der Waals surface area contributed by atoms with Crippen LogP contribution in [0.2, 0.25) is 0 Å². The molecule has 1 unspecified atom stereocenters. The van der Waals surface area contributed by atoms with Gasteiger partial charge in [-0.2, -0.15) is 5.26 Å². The van der Waals surface area contributed by atoms with E-state index in [1.54, 1.807) is 12.1 Å². The third-order valence-corrected chi connectivity index (χ3v) is 3.73. The molecule has 0 aliphatic heterocycles. The molecule has 0 spiro atoms. The lowest BCUT2D eigenvalue weighted by molar-refractivity contribution is 0.163. The van der Waals surface area contributed by atoms with Crippen LogP contribution in [0.4, 0.5) is 0 Å². The van der Waals surface area contributed by atoms with Gasteiger partial charge < -0.3 is 5.11 Å². The van der Waals surface area contributed by atoms with Gasteiger partial charge in [0, 0.05) is 0 Å². The van der Waals surface area contributed by atoms with Gasteiger partial charge in [-0.05, 0) is 24.1 Å². The largest absolute Gasteiger partial charge is 0.388 e. The van der Waals surface area contributed by atoms with Crippen LogP contribution in [0.3, 0.4) is 0 Å². The maximum atomic E-state index is 10.1. The molecule has 0 saturated heterocycles. The first kappa shape index (κ1) is 16.7. The van der Waals surface area contributed by atoms with Crippen molar-refractivity contribution in [2.45, 2.75) is 70.8 Å². The van der Waals surface area contributed by atoms with Crippen molar-refractivity contribution in [3.05, 3.63) is 35.4 Å². The molecule has 0 aliphatic carbocycles. The lowest BCUT2D eigenvalue weighted by atomic mass is 10.0. The average Bonchev–Trinajstić information content (AvgIpc) is 2.49. The van der Waals surface area contributed by atoms with Gasteiger partial charge in [-0.3, -0.25) is 0 Å². The van der Waals surface area contributed by atoms with Crippen LogP contribution in [0.25, 0.3) is 0 Å². The third-order valence-electron chi connectivity index (χ3n) is 3.73. The summed E-state index contributed by atoms with van der Waals surface area (Å²) in [6.07, 6.45) is 10.6. The molecular formula is C18H27NO. The van der Waals surface area contributed by atoms with Crippen LogP contribution in [0.5, 0.6) is 0 Å². The Morgan fingerprint density at radius 2 is 1.70 bits per heavy atom. The first-order chi connectivity index (χ1) is 9.77. The summed E-state index contributed by atoms with van der Waals surface area (Å²) in [6.45, 7) is 2.24. The lowest BCUT2D eigenvalue weighted by Gasteiger charge is -2.11. The van der Waals surface area contributed by atoms with E-state index < -0.39 is 6.10 Å². The Morgan fingerprint density at radius 3 is 2.35 bits per heavy atom. The maximum absolute atomic E-state index is 10.1. The highest BCUT2D eigenvalue weighted by atomic mass is 16.3. The van der Waals surface area contributed by atoms with Crippen molar-refractivity contribution in [3.63, 3.8) is 0 Å². The normalized spacial score (nSPS) is 12.1. The standard InChI is InChI=1S/C18H27NO/c1-2-3-4-5-6-7-8-9-13-18(20)17-12-10-11-16(14-17)15-19/h10-12,14,18,20H,2-9,13H2,1H3. The third kappa shape index (κ3) is 6.73. The number of hydrogen-bond acceptors (Lipinski definition) is 2. The molecule has 0 amide bonds. The van der Waals surface area contributed by atoms with Gasteiger partial charge in [-0.1, -0.05) is 70.4 Å². The Bertz CT molecular complexity index is 408. The van der Waals surface area contributed by atoms with E-state index in [0.29, 0.717) is 5.56 Å². The van der Waals surface area contributed by atoms with E-state index in [2.05, 4.69) is 13.0 Å². The van der Waals surface area contributed by atoms with Gasteiger partial charge in [0.25, 0.3) is 0 Å². The van der Waals surface area contributed by atoms with Crippen molar-refractivity contribution in [1.82, 2.24) is 0 Å². The second kappa shape index (κ2) is 10.5. The molecular weight excluding hydrogens is 246 g/mol. The molecule has 1 aromatic carbocycles. The highest BCUT2D eigenvalue weighted by molar-refractivity contribution is 5.33. The number of rotatable bonds is 10. The van der Waals surface area contributed by atoms with Gasteiger partial charge in [-0.15, -0.1) is 0 Å². The van der Waals surface area contributed by atoms with Crippen molar-refractivity contribution >= 4 is 0 Å². The molecule has 20 heavy (non-hydrogen) atoms. The summed E-state index contributed by atoms with van der Waals surface area (Å²) in [5.41, 5.74) is 1.49. The van der Waals surface area contributed by atoms with Crippen LogP contribution in [-0.2, 0) is 0 Å². The van der Waals surface area contributed by atoms with Crippen molar-refractivity contribution in [1.29, 1.82) is 5.26 Å². The molecule has 0 fully saturated rings. The average molecular weight is 273 g/mol. The predicted molar refractivity (Wildman–Crippen MR) is 83.3 cm³/mol. The fourth-order valence-electron chi connectivity index (χ4n) is 2.45. The number of aliphatic hydroxyl groups is 1. The predicted octanol–water partition coefficient (Wildman–Crippen LogP) is 5.12. The molecule has 0 aromatic heterocycles. The van der Waals surface area contributed by atoms with Crippen LogP contribution in [0.15, 0.2) is 24.3 Å². The van der Waals surface area contributed by atoms with E-state index >= 15 is 0 Å². The fourth-order valence-corrected chi connectivity index (χ4v) is 2.45. The molecule has 0 saturated carbocycles. The quantitative estimate of drug-likeness (QED) is 0.601. The minimum atomic E-state index is -0.427. The Balaban J connectivity index is 2.14. The molecule has 1 aromatic rings. The van der Waals surface area contributed by atoms with Crippen LogP contribution < -0.4 is 0 Å². The highest BCUT2D eigenvalue weighted by Crippen LogP contribution is 2.21. The van der Waals surface area contributed by atoms with Crippen molar-refractivity contribution < 1.29 is 5.11 Å². The second-order valence-electron chi connectivity index (χ2n) is 5.52. The molecule has 1 N–H and O–H groups in total. The Hall–Kier alpha value is -1.33. The zero-order valence-electron chi connectivity index (χ0n) is 12.6. The maximum Gasteiger partial charge on any atom is 0.0991 e. The van der Waals surface area contributed by atoms with Gasteiger partial charge >= 0.3 is 0 Å². The Kier molecular flexibility index (Phi) is 8.74. The summed E-state index contributed by atoms with van der Waals surface area (Å²) in [4.78, 5) is 0. The van der Waals surface area contributed by atoms with Gasteiger partial charge in [0.15, 0.2) is 0 Å². The van der Waals surface area contributed by atoms with E-state index in [4.69, 9.17) is 5.26 Å².